The summed E-state index contributed by atoms with van der Waals surface area (Å²) in [5.74, 6) is 0. The lowest BCUT2D eigenvalue weighted by molar-refractivity contribution is -0.384. The maximum atomic E-state index is 11.4. The van der Waals surface area contributed by atoms with E-state index in [9.17, 15) is 20.2 Å². The van der Waals surface area contributed by atoms with Crippen LogP contribution in [0.15, 0.2) is 48.5 Å². The molecule has 0 spiro atoms. The lowest BCUT2D eigenvalue weighted by atomic mass is 10.1. The van der Waals surface area contributed by atoms with Gasteiger partial charge >= 0.3 is 5.69 Å². The number of nitrogen functional groups attached to an aromatic ring is 1. The van der Waals surface area contributed by atoms with Crippen LogP contribution in [0.1, 0.15) is 0 Å². The first kappa shape index (κ1) is 14.4. The van der Waals surface area contributed by atoms with Crippen molar-refractivity contribution in [2.45, 2.75) is 0 Å². The summed E-state index contributed by atoms with van der Waals surface area (Å²) in [7, 11) is 0. The summed E-state index contributed by atoms with van der Waals surface area (Å²) in [6.45, 7) is 0. The Kier molecular flexibility index (Phi) is 3.34. The molecule has 1 heterocycles. The first-order valence-corrected chi connectivity index (χ1v) is 6.56. The van der Waals surface area contributed by atoms with E-state index in [4.69, 9.17) is 5.73 Å². The van der Waals surface area contributed by atoms with Gasteiger partial charge in [-0.05, 0) is 6.07 Å². The lowest BCUT2D eigenvalue weighted by Crippen LogP contribution is -2.02. The highest BCUT2D eigenvalue weighted by molar-refractivity contribution is 6.00. The van der Waals surface area contributed by atoms with Crippen LogP contribution in [0.4, 0.5) is 17.1 Å². The van der Waals surface area contributed by atoms with Gasteiger partial charge < -0.3 is 5.73 Å². The van der Waals surface area contributed by atoms with Crippen molar-refractivity contribution in [2.75, 3.05) is 5.73 Å². The van der Waals surface area contributed by atoms with E-state index in [1.54, 1.807) is 30.3 Å². The second-order valence-electron chi connectivity index (χ2n) is 4.80. The van der Waals surface area contributed by atoms with E-state index < -0.39 is 9.85 Å². The van der Waals surface area contributed by atoms with E-state index in [0.717, 1.165) is 0 Å². The molecular weight excluding hydrogens is 300 g/mol. The van der Waals surface area contributed by atoms with Crippen LogP contribution >= 0.6 is 0 Å². The van der Waals surface area contributed by atoms with E-state index in [-0.39, 0.29) is 28.1 Å². The van der Waals surface area contributed by atoms with E-state index in [2.05, 4.69) is 4.98 Å². The van der Waals surface area contributed by atoms with Crippen LogP contribution in [-0.2, 0) is 0 Å². The molecule has 3 rings (SSSR count). The molecule has 0 radical (unpaired) electrons. The van der Waals surface area contributed by atoms with Crippen LogP contribution in [0.5, 0.6) is 0 Å². The van der Waals surface area contributed by atoms with Crippen molar-refractivity contribution in [3.8, 4) is 11.3 Å². The molecule has 23 heavy (non-hydrogen) atoms. The maximum absolute atomic E-state index is 11.4. The second kappa shape index (κ2) is 5.34. The minimum atomic E-state index is -0.622. The third-order valence-corrected chi connectivity index (χ3v) is 3.42. The third kappa shape index (κ3) is 2.42. The molecule has 8 nitrogen and oxygen atoms in total. The molecule has 2 aromatic carbocycles. The minimum Gasteiger partial charge on any atom is -0.393 e. The van der Waals surface area contributed by atoms with Crippen LogP contribution in [-0.4, -0.2) is 14.8 Å². The third-order valence-electron chi connectivity index (χ3n) is 3.42. The summed E-state index contributed by atoms with van der Waals surface area (Å²) in [4.78, 5) is 25.4. The van der Waals surface area contributed by atoms with Gasteiger partial charge in [0.1, 0.15) is 5.69 Å². The molecule has 0 unspecified atom stereocenters. The Morgan fingerprint density at radius 3 is 2.26 bits per heavy atom. The van der Waals surface area contributed by atoms with Gasteiger partial charge in [-0.2, -0.15) is 0 Å². The topological polar surface area (TPSA) is 125 Å². The Hall–Kier alpha value is -3.55. The smallest absolute Gasteiger partial charge is 0.318 e. The van der Waals surface area contributed by atoms with Crippen molar-refractivity contribution in [3.05, 3.63) is 68.8 Å². The van der Waals surface area contributed by atoms with Crippen LogP contribution in [0, 0.1) is 20.2 Å². The molecule has 0 aliphatic carbocycles. The molecule has 0 fully saturated rings. The molecule has 0 saturated carbocycles. The molecule has 3 aromatic rings. The van der Waals surface area contributed by atoms with Crippen LogP contribution < -0.4 is 5.73 Å². The molecular formula is C15H10N4O4. The zero-order chi connectivity index (χ0) is 16.6. The van der Waals surface area contributed by atoms with Crippen LogP contribution in [0.3, 0.4) is 0 Å². The second-order valence-corrected chi connectivity index (χ2v) is 4.80. The van der Waals surface area contributed by atoms with E-state index in [1.165, 1.54) is 18.2 Å². The van der Waals surface area contributed by atoms with Gasteiger partial charge in [0.15, 0.2) is 5.69 Å². The summed E-state index contributed by atoms with van der Waals surface area (Å²) >= 11 is 0. The highest BCUT2D eigenvalue weighted by Crippen LogP contribution is 2.38. The Bertz CT molecular complexity index is 941. The Labute approximate surface area is 129 Å². The van der Waals surface area contributed by atoms with Gasteiger partial charge in [-0.25, -0.2) is 4.98 Å². The fourth-order valence-electron chi connectivity index (χ4n) is 2.36. The number of nitrogens with zero attached hydrogens (tertiary/aromatic N) is 3. The number of hydrogen-bond donors (Lipinski definition) is 1. The van der Waals surface area contributed by atoms with Gasteiger partial charge in [-0.15, -0.1) is 0 Å². The highest BCUT2D eigenvalue weighted by Gasteiger charge is 2.25. The normalized spacial score (nSPS) is 10.6. The summed E-state index contributed by atoms with van der Waals surface area (Å²) in [5.41, 5.74) is 6.27. The van der Waals surface area contributed by atoms with E-state index in [1.807, 2.05) is 0 Å². The van der Waals surface area contributed by atoms with Crippen LogP contribution in [0.2, 0.25) is 0 Å². The van der Waals surface area contributed by atoms with Crippen molar-refractivity contribution in [2.24, 2.45) is 0 Å². The number of aromatic nitrogens is 1. The van der Waals surface area contributed by atoms with Crippen molar-refractivity contribution >= 4 is 28.0 Å². The average Bonchev–Trinajstić information content (AvgIpc) is 2.54. The number of nitro benzene ring substituents is 1. The standard InChI is InChI=1S/C15H10N4O4/c16-13-11-8-10(18(20)21)6-7-12(11)17-14(15(13)19(22)23)9-4-2-1-3-5-9/h1-8H,(H2,16,17). The molecule has 114 valence electrons. The number of nitrogens with two attached hydrogens (primary N) is 1. The number of rotatable bonds is 3. The number of pyridine rings is 1. The van der Waals surface area contributed by atoms with Gasteiger partial charge in [-0.1, -0.05) is 30.3 Å². The van der Waals surface area contributed by atoms with E-state index in [0.29, 0.717) is 11.1 Å². The molecule has 0 saturated heterocycles. The van der Waals surface area contributed by atoms with Crippen molar-refractivity contribution in [1.29, 1.82) is 0 Å². The van der Waals surface area contributed by atoms with Gasteiger partial charge in [0.25, 0.3) is 5.69 Å². The maximum Gasteiger partial charge on any atom is 0.318 e. The SMILES string of the molecule is Nc1c([N+](=O)[O-])c(-c2ccccc2)nc2ccc([N+](=O)[O-])cc12. The molecule has 0 aliphatic rings. The zero-order valence-corrected chi connectivity index (χ0v) is 11.7. The van der Waals surface area contributed by atoms with E-state index >= 15 is 0 Å². The number of nitro groups is 2. The van der Waals surface area contributed by atoms with Crippen molar-refractivity contribution in [3.63, 3.8) is 0 Å². The first-order valence-electron chi connectivity index (χ1n) is 6.56. The molecule has 0 bridgehead atoms. The van der Waals surface area contributed by atoms with Gasteiger partial charge in [0.05, 0.1) is 15.4 Å². The molecule has 0 aliphatic heterocycles. The largest absolute Gasteiger partial charge is 0.393 e. The number of anilines is 1. The first-order chi connectivity index (χ1) is 11.0. The fourth-order valence-corrected chi connectivity index (χ4v) is 2.36. The summed E-state index contributed by atoms with van der Waals surface area (Å²) < 4.78 is 0. The predicted molar refractivity (Wildman–Crippen MR) is 84.9 cm³/mol. The molecule has 8 heteroatoms. The van der Waals surface area contributed by atoms with Gasteiger partial charge in [0.2, 0.25) is 0 Å². The fraction of sp³-hybridized carbons (Fsp3) is 0. The zero-order valence-electron chi connectivity index (χ0n) is 11.7. The Morgan fingerprint density at radius 2 is 1.65 bits per heavy atom. The quantitative estimate of drug-likeness (QED) is 0.584. The number of hydrogen-bond acceptors (Lipinski definition) is 6. The minimum absolute atomic E-state index is 0.134. The number of fused-ring (bicyclic) bond motifs is 1. The predicted octanol–water partition coefficient (Wildman–Crippen LogP) is 3.30. The van der Waals surface area contributed by atoms with Crippen molar-refractivity contribution < 1.29 is 9.85 Å². The molecule has 2 N–H and O–H groups in total. The summed E-state index contributed by atoms with van der Waals surface area (Å²) in [6.07, 6.45) is 0. The molecule has 1 aromatic heterocycles. The average molecular weight is 310 g/mol. The summed E-state index contributed by atoms with van der Waals surface area (Å²) in [5, 5.41) is 22.5. The number of non-ortho nitro benzene ring substituents is 1. The monoisotopic (exact) mass is 310 g/mol. The highest BCUT2D eigenvalue weighted by atomic mass is 16.6. The Balaban J connectivity index is 2.38. The Morgan fingerprint density at radius 1 is 0.957 bits per heavy atom. The molecule has 0 atom stereocenters. The lowest BCUT2D eigenvalue weighted by Gasteiger charge is -2.08. The molecule has 0 amide bonds. The summed E-state index contributed by atoms with van der Waals surface area (Å²) in [6, 6.07) is 12.5. The van der Waals surface area contributed by atoms with Crippen LogP contribution in [0.25, 0.3) is 22.2 Å². The van der Waals surface area contributed by atoms with Gasteiger partial charge in [-0.3, -0.25) is 20.2 Å². The number of benzene rings is 2. The van der Waals surface area contributed by atoms with Crippen molar-refractivity contribution in [1.82, 2.24) is 4.98 Å². The van der Waals surface area contributed by atoms with Gasteiger partial charge in [0, 0.05) is 23.1 Å².